The maximum Gasteiger partial charge on any atom is -1.00 e. The molecule has 134 valence electrons. The van der Waals surface area contributed by atoms with Gasteiger partial charge in [-0.25, -0.2) is 0 Å². The molecule has 0 atom stereocenters. The van der Waals surface area contributed by atoms with Gasteiger partial charge in [-0.3, -0.25) is 0 Å². The number of halogens is 1. The largest absolute Gasteiger partial charge is 1.00 e. The molecule has 0 spiro atoms. The second kappa shape index (κ2) is 22.3. The summed E-state index contributed by atoms with van der Waals surface area (Å²) in [5.41, 5.74) is 0. The van der Waals surface area contributed by atoms with E-state index in [4.69, 9.17) is 0 Å². The smallest absolute Gasteiger partial charge is 1.00 e. The van der Waals surface area contributed by atoms with Crippen molar-refractivity contribution in [2.24, 2.45) is 0 Å². The molecule has 0 aromatic carbocycles. The minimum absolute atomic E-state index is 0. The van der Waals surface area contributed by atoms with Gasteiger partial charge in [0.1, 0.15) is 0 Å². The molecule has 22 heavy (non-hydrogen) atoms. The molecule has 0 saturated heterocycles. The molecule has 0 amide bonds. The third kappa shape index (κ3) is 19.3. The zero-order valence-corrected chi connectivity index (χ0v) is 20.3. The van der Waals surface area contributed by atoms with Gasteiger partial charge in [0.05, 0.1) is 0 Å². The summed E-state index contributed by atoms with van der Waals surface area (Å²) in [5, 5.41) is 0. The average molecular weight is 482 g/mol. The van der Waals surface area contributed by atoms with Crippen LogP contribution in [0.3, 0.4) is 0 Å². The SMILES string of the molecule is CCCCCCC[CH2][Sn+]([CH2]CCC)[CH2]CCCCCCC.[Br-]. The van der Waals surface area contributed by atoms with Crippen LogP contribution in [0.25, 0.3) is 0 Å². The van der Waals surface area contributed by atoms with E-state index in [1.807, 2.05) is 0 Å². The van der Waals surface area contributed by atoms with E-state index in [2.05, 4.69) is 20.8 Å². The van der Waals surface area contributed by atoms with Gasteiger partial charge in [0.2, 0.25) is 0 Å². The van der Waals surface area contributed by atoms with Crippen molar-refractivity contribution >= 4 is 19.8 Å². The van der Waals surface area contributed by atoms with E-state index in [9.17, 15) is 0 Å². The van der Waals surface area contributed by atoms with Crippen molar-refractivity contribution in [1.29, 1.82) is 0 Å². The molecule has 0 fully saturated rings. The molecule has 0 saturated carbocycles. The van der Waals surface area contributed by atoms with Gasteiger partial charge in [0.25, 0.3) is 0 Å². The predicted octanol–water partition coefficient (Wildman–Crippen LogP) is 5.01. The van der Waals surface area contributed by atoms with Crippen molar-refractivity contribution in [2.45, 2.75) is 124 Å². The molecule has 0 bridgehead atoms. The molecule has 0 nitrogen and oxygen atoms in total. The maximum absolute atomic E-state index is 2.37. The van der Waals surface area contributed by atoms with Crippen LogP contribution in [0.2, 0.25) is 13.3 Å². The van der Waals surface area contributed by atoms with Crippen molar-refractivity contribution in [3.8, 4) is 0 Å². The standard InChI is InChI=1S/2C8H17.C4H9.BrH.Sn/c2*1-3-5-7-8-6-4-2;1-3-4-2;;/h2*1,3-8H2,2H3;1,3-4H2,2H3;1H;/q;;;;+1/p-1. The molecular formula is C20H43BrSn. The third-order valence-corrected chi connectivity index (χ3v) is 13.7. The van der Waals surface area contributed by atoms with Crippen LogP contribution < -0.4 is 17.0 Å². The molecule has 0 aromatic heterocycles. The Hall–Kier alpha value is 1.28. The Kier molecular flexibility index (Phi) is 25.8. The fourth-order valence-electron chi connectivity index (χ4n) is 3.11. The van der Waals surface area contributed by atoms with Crippen molar-refractivity contribution < 1.29 is 17.0 Å². The monoisotopic (exact) mass is 482 g/mol. The predicted molar refractivity (Wildman–Crippen MR) is 102 cm³/mol. The Morgan fingerprint density at radius 3 is 1.14 bits per heavy atom. The first-order valence-corrected chi connectivity index (χ1v) is 16.2. The third-order valence-electron chi connectivity index (χ3n) is 4.65. The van der Waals surface area contributed by atoms with Crippen LogP contribution >= 0.6 is 0 Å². The van der Waals surface area contributed by atoms with Gasteiger partial charge in [-0.15, -0.1) is 0 Å². The summed E-state index contributed by atoms with van der Waals surface area (Å²) in [7, 11) is 0. The zero-order chi connectivity index (χ0) is 15.6. The summed E-state index contributed by atoms with van der Waals surface area (Å²) in [6, 6.07) is 0. The zero-order valence-electron chi connectivity index (χ0n) is 15.9. The first-order valence-electron chi connectivity index (χ1n) is 10.2. The van der Waals surface area contributed by atoms with Gasteiger partial charge in [0.15, 0.2) is 0 Å². The number of hydrogen-bond donors (Lipinski definition) is 0. The molecule has 0 unspecified atom stereocenters. The molecule has 0 N–H and O–H groups in total. The van der Waals surface area contributed by atoms with Crippen molar-refractivity contribution in [2.75, 3.05) is 0 Å². The topological polar surface area (TPSA) is 0 Å². The van der Waals surface area contributed by atoms with Gasteiger partial charge in [-0.1, -0.05) is 0 Å². The molecule has 0 heterocycles. The minimum Gasteiger partial charge on any atom is -1.00 e. The van der Waals surface area contributed by atoms with Gasteiger partial charge < -0.3 is 17.0 Å². The summed E-state index contributed by atoms with van der Waals surface area (Å²) in [6.45, 7) is 7.00. The summed E-state index contributed by atoms with van der Waals surface area (Å²) < 4.78 is 5.12. The van der Waals surface area contributed by atoms with Gasteiger partial charge in [0, 0.05) is 0 Å². The molecule has 0 rings (SSSR count). The van der Waals surface area contributed by atoms with E-state index >= 15 is 0 Å². The average Bonchev–Trinajstić information content (AvgIpc) is 2.50. The van der Waals surface area contributed by atoms with Gasteiger partial charge in [-0.2, -0.15) is 0 Å². The molecule has 2 heteroatoms. The summed E-state index contributed by atoms with van der Waals surface area (Å²) >= 11 is -0.957. The maximum atomic E-state index is 2.37. The second-order valence-corrected chi connectivity index (χ2v) is 15.5. The fraction of sp³-hybridized carbons (Fsp3) is 1.00. The van der Waals surface area contributed by atoms with Gasteiger partial charge >= 0.3 is 144 Å². The Morgan fingerprint density at radius 1 is 0.409 bits per heavy atom. The number of hydrogen-bond acceptors (Lipinski definition) is 0. The minimum atomic E-state index is -0.957. The van der Waals surface area contributed by atoms with E-state index in [1.54, 1.807) is 32.6 Å². The number of unbranched alkanes of at least 4 members (excludes halogenated alkanes) is 11. The molecule has 0 aliphatic heterocycles. The van der Waals surface area contributed by atoms with Crippen LogP contribution in [0.5, 0.6) is 0 Å². The number of rotatable bonds is 17. The molecule has 0 aliphatic carbocycles. The summed E-state index contributed by atoms with van der Waals surface area (Å²) in [6.07, 6.45) is 20.9. The first-order chi connectivity index (χ1) is 10.3. The van der Waals surface area contributed by atoms with Gasteiger partial charge in [-0.05, 0) is 0 Å². The quantitative estimate of drug-likeness (QED) is 0.202. The van der Waals surface area contributed by atoms with E-state index in [-0.39, 0.29) is 17.0 Å². The van der Waals surface area contributed by atoms with Crippen LogP contribution in [0.4, 0.5) is 0 Å². The van der Waals surface area contributed by atoms with Crippen LogP contribution in [0.1, 0.15) is 111 Å². The Labute approximate surface area is 160 Å². The Morgan fingerprint density at radius 2 is 0.727 bits per heavy atom. The van der Waals surface area contributed by atoms with Crippen LogP contribution in [0, 0.1) is 0 Å². The van der Waals surface area contributed by atoms with E-state index in [0.717, 1.165) is 0 Å². The summed E-state index contributed by atoms with van der Waals surface area (Å²) in [4.78, 5) is 0. The van der Waals surface area contributed by atoms with Crippen LogP contribution in [-0.2, 0) is 0 Å². The van der Waals surface area contributed by atoms with E-state index < -0.39 is 19.8 Å². The van der Waals surface area contributed by atoms with E-state index in [1.165, 1.54) is 70.6 Å². The molecule has 0 aliphatic rings. The van der Waals surface area contributed by atoms with Crippen molar-refractivity contribution in [3.05, 3.63) is 0 Å². The Bertz CT molecular complexity index is 169. The Balaban J connectivity index is 0. The first kappa shape index (κ1) is 25.5. The summed E-state index contributed by atoms with van der Waals surface area (Å²) in [5.74, 6) is 0. The van der Waals surface area contributed by atoms with Crippen LogP contribution in [-0.4, -0.2) is 19.8 Å². The fourth-order valence-corrected chi connectivity index (χ4v) is 12.0. The molecular weight excluding hydrogens is 439 g/mol. The normalized spacial score (nSPS) is 10.5. The van der Waals surface area contributed by atoms with Crippen molar-refractivity contribution in [3.63, 3.8) is 0 Å². The molecule has 0 radical (unpaired) electrons. The van der Waals surface area contributed by atoms with Crippen LogP contribution in [0.15, 0.2) is 0 Å². The molecule has 0 aromatic rings. The van der Waals surface area contributed by atoms with Crippen molar-refractivity contribution in [1.82, 2.24) is 0 Å². The second-order valence-electron chi connectivity index (χ2n) is 6.89. The van der Waals surface area contributed by atoms with E-state index in [0.29, 0.717) is 0 Å².